The number of amides is 2. The van der Waals surface area contributed by atoms with Gasteiger partial charge in [0.2, 0.25) is 11.0 Å². The molecule has 12 heteroatoms. The van der Waals surface area contributed by atoms with Gasteiger partial charge in [-0.3, -0.25) is 19.7 Å². The van der Waals surface area contributed by atoms with Crippen LogP contribution in [0.25, 0.3) is 0 Å². The number of ketones is 1. The maximum Gasteiger partial charge on any atom is 0.276 e. The lowest BCUT2D eigenvalue weighted by molar-refractivity contribution is -0.132. The fraction of sp³-hybridized carbons (Fsp3) is 0.360. The lowest BCUT2D eigenvalue weighted by Gasteiger charge is -2.31. The van der Waals surface area contributed by atoms with Gasteiger partial charge >= 0.3 is 0 Å². The van der Waals surface area contributed by atoms with Gasteiger partial charge in [0.05, 0.1) is 17.9 Å². The van der Waals surface area contributed by atoms with Crippen LogP contribution < -0.4 is 10.1 Å². The van der Waals surface area contributed by atoms with E-state index in [-0.39, 0.29) is 36.4 Å². The zero-order valence-corrected chi connectivity index (χ0v) is 22.6. The minimum Gasteiger partial charge on any atom is -0.497 e. The molecule has 1 fully saturated rings. The SMILES string of the molecule is C#CCSc1nnc(NC(=O)c2csc(C3CCN(C(=O)CCC(=O)c4ccc(OC)cc4)CC3)n2)s1. The molecule has 4 rings (SSSR count). The number of carbonyl (C=O) groups is 3. The van der Waals surface area contributed by atoms with Gasteiger partial charge in [-0.05, 0) is 37.1 Å². The third-order valence-corrected chi connectivity index (χ3v) is 8.72. The molecule has 1 N–H and O–H groups in total. The molecule has 0 aliphatic carbocycles. The van der Waals surface area contributed by atoms with Crippen molar-refractivity contribution < 1.29 is 19.1 Å². The van der Waals surface area contributed by atoms with Crippen molar-refractivity contribution in [3.8, 4) is 18.1 Å². The summed E-state index contributed by atoms with van der Waals surface area (Å²) in [5, 5.41) is 13.7. The van der Waals surface area contributed by atoms with E-state index in [1.165, 1.54) is 34.4 Å². The first kappa shape index (κ1) is 26.8. The Bertz CT molecular complexity index is 1290. The van der Waals surface area contributed by atoms with Crippen LogP contribution in [0.3, 0.4) is 0 Å². The predicted octanol–water partition coefficient (Wildman–Crippen LogP) is 4.35. The average molecular weight is 556 g/mol. The van der Waals surface area contributed by atoms with Crippen molar-refractivity contribution in [1.29, 1.82) is 0 Å². The maximum absolute atomic E-state index is 12.7. The van der Waals surface area contributed by atoms with E-state index >= 15 is 0 Å². The van der Waals surface area contributed by atoms with Crippen molar-refractivity contribution in [3.05, 3.63) is 45.9 Å². The number of nitrogens with zero attached hydrogens (tertiary/aromatic N) is 4. The number of thioether (sulfide) groups is 1. The third kappa shape index (κ3) is 7.15. The van der Waals surface area contributed by atoms with E-state index in [1.54, 1.807) is 36.8 Å². The average Bonchev–Trinajstić information content (AvgIpc) is 3.60. The molecule has 0 spiro atoms. The topological polar surface area (TPSA) is 114 Å². The van der Waals surface area contributed by atoms with Crippen LogP contribution in [0.4, 0.5) is 5.13 Å². The molecule has 2 amide bonds. The van der Waals surface area contributed by atoms with Gasteiger partial charge in [0.15, 0.2) is 10.1 Å². The lowest BCUT2D eigenvalue weighted by atomic mass is 9.97. The van der Waals surface area contributed by atoms with Crippen LogP contribution >= 0.6 is 34.4 Å². The van der Waals surface area contributed by atoms with Gasteiger partial charge in [-0.2, -0.15) is 0 Å². The second kappa shape index (κ2) is 12.8. The van der Waals surface area contributed by atoms with Gasteiger partial charge in [-0.15, -0.1) is 28.0 Å². The summed E-state index contributed by atoms with van der Waals surface area (Å²) >= 11 is 4.10. The van der Waals surface area contributed by atoms with Crippen LogP contribution in [0.15, 0.2) is 34.0 Å². The highest BCUT2D eigenvalue weighted by atomic mass is 32.2. The van der Waals surface area contributed by atoms with Crippen LogP contribution in [-0.2, 0) is 4.79 Å². The number of likely N-dealkylation sites (tertiary alicyclic amines) is 1. The molecule has 0 bridgehead atoms. The Balaban J connectivity index is 1.23. The fourth-order valence-electron chi connectivity index (χ4n) is 3.84. The maximum atomic E-state index is 12.7. The fourth-order valence-corrected chi connectivity index (χ4v) is 6.24. The number of piperidine rings is 1. The number of benzene rings is 1. The molecule has 192 valence electrons. The minimum absolute atomic E-state index is 0.0173. The number of rotatable bonds is 10. The summed E-state index contributed by atoms with van der Waals surface area (Å²) in [6.07, 6.45) is 7.14. The molecule has 0 saturated carbocycles. The van der Waals surface area contributed by atoms with Crippen molar-refractivity contribution in [2.24, 2.45) is 0 Å². The van der Waals surface area contributed by atoms with Gasteiger partial charge in [-0.1, -0.05) is 29.0 Å². The summed E-state index contributed by atoms with van der Waals surface area (Å²) in [6.45, 7) is 1.20. The van der Waals surface area contributed by atoms with Crippen LogP contribution in [0.2, 0.25) is 0 Å². The van der Waals surface area contributed by atoms with Gasteiger partial charge in [0.1, 0.15) is 11.4 Å². The van der Waals surface area contributed by atoms with Gasteiger partial charge in [0, 0.05) is 42.8 Å². The van der Waals surface area contributed by atoms with E-state index in [0.717, 1.165) is 17.8 Å². The molecule has 3 aromatic rings. The Morgan fingerprint density at radius 2 is 1.95 bits per heavy atom. The number of ether oxygens (including phenoxy) is 1. The Kier molecular flexibility index (Phi) is 9.27. The number of thiazole rings is 1. The Morgan fingerprint density at radius 3 is 2.65 bits per heavy atom. The predicted molar refractivity (Wildman–Crippen MR) is 145 cm³/mol. The number of hydrogen-bond acceptors (Lipinski definition) is 10. The van der Waals surface area contributed by atoms with Crippen LogP contribution in [0.5, 0.6) is 5.75 Å². The molecule has 1 aliphatic rings. The highest BCUT2D eigenvalue weighted by Crippen LogP contribution is 2.31. The normalized spacial score (nSPS) is 13.7. The van der Waals surface area contributed by atoms with E-state index in [4.69, 9.17) is 11.2 Å². The van der Waals surface area contributed by atoms with Crippen LogP contribution in [-0.4, -0.2) is 63.6 Å². The molecule has 1 saturated heterocycles. The molecular weight excluding hydrogens is 531 g/mol. The van der Waals surface area contributed by atoms with Crippen molar-refractivity contribution in [2.45, 2.75) is 35.9 Å². The van der Waals surface area contributed by atoms with Gasteiger partial charge in [-0.25, -0.2) is 4.98 Å². The summed E-state index contributed by atoms with van der Waals surface area (Å²) in [5.41, 5.74) is 0.911. The van der Waals surface area contributed by atoms with E-state index in [9.17, 15) is 14.4 Å². The lowest BCUT2D eigenvalue weighted by Crippen LogP contribution is -2.38. The Hall–Kier alpha value is -3.27. The number of nitrogens with one attached hydrogen (secondary N) is 1. The molecule has 2 aromatic heterocycles. The monoisotopic (exact) mass is 555 g/mol. The number of Topliss-reactive ketones (excluding diaryl/α,β-unsaturated/α-hetero) is 1. The first-order valence-corrected chi connectivity index (χ1v) is 14.3. The molecule has 0 unspecified atom stereocenters. The number of carbonyl (C=O) groups excluding carboxylic acids is 3. The van der Waals surface area contributed by atoms with E-state index < -0.39 is 0 Å². The van der Waals surface area contributed by atoms with Gasteiger partial charge < -0.3 is 9.64 Å². The summed E-state index contributed by atoms with van der Waals surface area (Å²) in [4.78, 5) is 44.0. The van der Waals surface area contributed by atoms with Crippen molar-refractivity contribution in [2.75, 3.05) is 31.3 Å². The number of anilines is 1. The molecule has 9 nitrogen and oxygen atoms in total. The number of methoxy groups -OCH3 is 1. The van der Waals surface area contributed by atoms with Gasteiger partial charge in [0.25, 0.3) is 5.91 Å². The molecular formula is C25H25N5O4S3. The van der Waals surface area contributed by atoms with Crippen molar-refractivity contribution in [1.82, 2.24) is 20.1 Å². The first-order chi connectivity index (χ1) is 18.0. The first-order valence-electron chi connectivity index (χ1n) is 11.6. The summed E-state index contributed by atoms with van der Waals surface area (Å²) in [6, 6.07) is 6.90. The second-order valence-corrected chi connectivity index (χ2v) is 11.3. The second-order valence-electron chi connectivity index (χ2n) is 8.20. The molecule has 0 atom stereocenters. The molecule has 3 heterocycles. The smallest absolute Gasteiger partial charge is 0.276 e. The van der Waals surface area contributed by atoms with E-state index in [0.29, 0.717) is 45.3 Å². The van der Waals surface area contributed by atoms with E-state index in [1.807, 2.05) is 4.90 Å². The summed E-state index contributed by atoms with van der Waals surface area (Å²) < 4.78 is 5.80. The highest BCUT2D eigenvalue weighted by Gasteiger charge is 2.27. The Labute approximate surface area is 227 Å². The standard InChI is InChI=1S/C25H25N5O4S3/c1-3-14-35-25-29-28-24(37-25)27-22(33)19-15-36-23(26-19)17-10-12-30(13-11-17)21(32)9-8-20(31)16-4-6-18(34-2)7-5-16/h1,4-7,15,17H,8-14H2,2H3,(H,27,28,33). The quantitative estimate of drug-likeness (QED) is 0.170. The number of terminal acetylenes is 1. The molecule has 1 aromatic carbocycles. The largest absolute Gasteiger partial charge is 0.497 e. The van der Waals surface area contributed by atoms with Crippen molar-refractivity contribution >= 4 is 57.2 Å². The van der Waals surface area contributed by atoms with Crippen molar-refractivity contribution in [3.63, 3.8) is 0 Å². The zero-order valence-electron chi connectivity index (χ0n) is 20.1. The Morgan fingerprint density at radius 1 is 1.19 bits per heavy atom. The van der Waals surface area contributed by atoms with Crippen LogP contribution in [0.1, 0.15) is 57.5 Å². The summed E-state index contributed by atoms with van der Waals surface area (Å²) in [5.74, 6) is 3.47. The zero-order chi connectivity index (χ0) is 26.2. The molecule has 1 aliphatic heterocycles. The number of hydrogen-bond donors (Lipinski definition) is 1. The summed E-state index contributed by atoms with van der Waals surface area (Å²) in [7, 11) is 1.57. The molecule has 0 radical (unpaired) electrons. The van der Waals surface area contributed by atoms with E-state index in [2.05, 4.69) is 26.4 Å². The highest BCUT2D eigenvalue weighted by molar-refractivity contribution is 8.01. The minimum atomic E-state index is -0.332. The molecule has 37 heavy (non-hydrogen) atoms. The number of aromatic nitrogens is 3. The van der Waals surface area contributed by atoms with Crippen LogP contribution in [0, 0.1) is 12.3 Å². The third-order valence-electron chi connectivity index (χ3n) is 5.84.